The minimum atomic E-state index is -0.356. The Kier molecular flexibility index (Phi) is 8.11. The number of nitrogens with zero attached hydrogens (tertiary/aromatic N) is 1. The van der Waals surface area contributed by atoms with Gasteiger partial charge in [0.1, 0.15) is 0 Å². The summed E-state index contributed by atoms with van der Waals surface area (Å²) in [4.78, 5) is 14.7. The molecule has 1 aromatic heterocycles. The number of rotatable bonds is 8. The molecule has 6 nitrogen and oxygen atoms in total. The Morgan fingerprint density at radius 2 is 1.97 bits per heavy atom. The number of alkyl carbamates (subject to hydrolysis) is 1. The molecule has 1 N–H and O–H groups in total. The fourth-order valence-corrected chi connectivity index (χ4v) is 5.68. The lowest BCUT2D eigenvalue weighted by Gasteiger charge is -2.32. The molecule has 176 valence electrons. The van der Waals surface area contributed by atoms with Crippen LogP contribution in [0.3, 0.4) is 0 Å². The van der Waals surface area contributed by atoms with E-state index in [9.17, 15) is 4.79 Å². The van der Waals surface area contributed by atoms with Gasteiger partial charge in [-0.3, -0.25) is 4.90 Å². The molecule has 1 unspecified atom stereocenters. The van der Waals surface area contributed by atoms with E-state index in [1.807, 2.05) is 24.3 Å². The van der Waals surface area contributed by atoms with E-state index >= 15 is 0 Å². The molecule has 0 aliphatic carbocycles. The molecule has 3 aromatic rings. The summed E-state index contributed by atoms with van der Waals surface area (Å²) in [6.07, 6.45) is 1.79. The first-order chi connectivity index (χ1) is 16.1. The van der Waals surface area contributed by atoms with Crippen molar-refractivity contribution in [1.82, 2.24) is 10.2 Å². The van der Waals surface area contributed by atoms with Crippen molar-refractivity contribution in [2.75, 3.05) is 33.9 Å². The molecule has 2 aromatic carbocycles. The maximum absolute atomic E-state index is 12.3. The van der Waals surface area contributed by atoms with E-state index in [4.69, 9.17) is 14.2 Å². The molecule has 1 fully saturated rings. The summed E-state index contributed by atoms with van der Waals surface area (Å²) < 4.78 is 18.6. The summed E-state index contributed by atoms with van der Waals surface area (Å²) >= 11 is 5.34. The molecule has 4 rings (SSSR count). The van der Waals surface area contributed by atoms with Gasteiger partial charge in [0.15, 0.2) is 11.5 Å². The van der Waals surface area contributed by atoms with Gasteiger partial charge in [0.05, 0.1) is 20.8 Å². The van der Waals surface area contributed by atoms with Gasteiger partial charge < -0.3 is 19.5 Å². The van der Waals surface area contributed by atoms with E-state index in [0.717, 1.165) is 53.8 Å². The van der Waals surface area contributed by atoms with Crippen LogP contribution in [0.2, 0.25) is 0 Å². The summed E-state index contributed by atoms with van der Waals surface area (Å²) in [5, 5.41) is 6.18. The number of hydrogen-bond donors (Lipinski definition) is 1. The van der Waals surface area contributed by atoms with Crippen LogP contribution in [0.1, 0.15) is 24.0 Å². The molecule has 1 aliphatic heterocycles. The van der Waals surface area contributed by atoms with Crippen LogP contribution >= 0.6 is 27.3 Å². The molecule has 8 heteroatoms. The van der Waals surface area contributed by atoms with Crippen molar-refractivity contribution in [2.24, 2.45) is 5.92 Å². The first-order valence-corrected chi connectivity index (χ1v) is 12.7. The predicted molar refractivity (Wildman–Crippen MR) is 135 cm³/mol. The van der Waals surface area contributed by atoms with Gasteiger partial charge in [0.25, 0.3) is 0 Å². The molecule has 0 bridgehead atoms. The summed E-state index contributed by atoms with van der Waals surface area (Å²) in [5.41, 5.74) is 2.27. The third-order valence-corrected chi connectivity index (χ3v) is 7.73. The Morgan fingerprint density at radius 1 is 1.18 bits per heavy atom. The zero-order valence-corrected chi connectivity index (χ0v) is 21.3. The number of carbonyl (C=O) groups is 1. The molecule has 1 aliphatic rings. The van der Waals surface area contributed by atoms with Gasteiger partial charge in [0.2, 0.25) is 0 Å². The van der Waals surface area contributed by atoms with Gasteiger partial charge in [-0.15, -0.1) is 11.3 Å². The van der Waals surface area contributed by atoms with Crippen LogP contribution in [0.5, 0.6) is 11.5 Å². The first-order valence-electron chi connectivity index (χ1n) is 11.1. The zero-order chi connectivity index (χ0) is 23.2. The molecular formula is C25H29BrN2O4S. The van der Waals surface area contributed by atoms with Crippen LogP contribution in [0.25, 0.3) is 10.1 Å². The number of hydrogen-bond acceptors (Lipinski definition) is 6. The second-order valence-corrected chi connectivity index (χ2v) is 10.0. The summed E-state index contributed by atoms with van der Waals surface area (Å²) in [7, 11) is 3.29. The second-order valence-electron chi connectivity index (χ2n) is 8.25. The number of benzene rings is 2. The number of thiophene rings is 1. The van der Waals surface area contributed by atoms with E-state index in [1.165, 1.54) is 10.1 Å². The number of carbonyl (C=O) groups excluding carboxylic acids is 1. The summed E-state index contributed by atoms with van der Waals surface area (Å²) in [5.74, 6) is 1.76. The number of amides is 1. The average molecular weight is 533 g/mol. The molecule has 33 heavy (non-hydrogen) atoms. The Labute approximate surface area is 206 Å². The van der Waals surface area contributed by atoms with Gasteiger partial charge in [-0.25, -0.2) is 4.79 Å². The number of nitrogens with one attached hydrogen (secondary N) is 1. The van der Waals surface area contributed by atoms with E-state index in [1.54, 1.807) is 25.6 Å². The smallest absolute Gasteiger partial charge is 0.407 e. The molecule has 1 saturated heterocycles. The van der Waals surface area contributed by atoms with Crippen molar-refractivity contribution in [1.29, 1.82) is 0 Å². The SMILES string of the molecule is COc1cc(Br)c(CN2CCCC(COC(=O)NCc3csc4ccccc34)C2)cc1OC. The third kappa shape index (κ3) is 5.99. The highest BCUT2D eigenvalue weighted by molar-refractivity contribution is 9.10. The highest BCUT2D eigenvalue weighted by Crippen LogP contribution is 2.34. The Hall–Kier alpha value is -2.29. The Bertz CT molecular complexity index is 1100. The zero-order valence-electron chi connectivity index (χ0n) is 18.9. The molecule has 0 spiro atoms. The maximum Gasteiger partial charge on any atom is 0.407 e. The quantitative estimate of drug-likeness (QED) is 0.396. The Balaban J connectivity index is 1.26. The van der Waals surface area contributed by atoms with E-state index in [2.05, 4.69) is 43.7 Å². The van der Waals surface area contributed by atoms with Crippen molar-refractivity contribution in [2.45, 2.75) is 25.9 Å². The van der Waals surface area contributed by atoms with Crippen LogP contribution in [0.15, 0.2) is 46.3 Å². The molecule has 1 amide bonds. The van der Waals surface area contributed by atoms with Gasteiger partial charge >= 0.3 is 6.09 Å². The standard InChI is InChI=1S/C25H29BrN2O4S/c1-30-22-10-18(21(26)11-23(22)31-2)14-28-9-5-6-17(13-28)15-32-25(29)27-12-19-16-33-24-8-4-3-7-20(19)24/h3-4,7-8,10-11,16-17H,5-6,9,12-15H2,1-2H3,(H,27,29). The number of ether oxygens (including phenoxy) is 3. The monoisotopic (exact) mass is 532 g/mol. The van der Waals surface area contributed by atoms with E-state index in [0.29, 0.717) is 24.8 Å². The normalized spacial score (nSPS) is 16.5. The number of likely N-dealkylation sites (tertiary alicyclic amines) is 1. The average Bonchev–Trinajstić information content (AvgIpc) is 3.26. The van der Waals surface area contributed by atoms with Crippen molar-refractivity contribution in [3.8, 4) is 11.5 Å². The van der Waals surface area contributed by atoms with E-state index in [-0.39, 0.29) is 6.09 Å². The minimum Gasteiger partial charge on any atom is -0.493 e. The van der Waals surface area contributed by atoms with E-state index < -0.39 is 0 Å². The first kappa shape index (κ1) is 23.9. The highest BCUT2D eigenvalue weighted by atomic mass is 79.9. The summed E-state index contributed by atoms with van der Waals surface area (Å²) in [6.45, 7) is 3.62. The maximum atomic E-state index is 12.3. The summed E-state index contributed by atoms with van der Waals surface area (Å²) in [6, 6.07) is 12.2. The Morgan fingerprint density at radius 3 is 2.79 bits per heavy atom. The predicted octanol–water partition coefficient (Wildman–Crippen LogP) is 5.82. The number of methoxy groups -OCH3 is 2. The number of fused-ring (bicyclic) bond motifs is 1. The van der Waals surface area contributed by atoms with Gasteiger partial charge in [-0.05, 0) is 59.5 Å². The third-order valence-electron chi connectivity index (χ3n) is 5.98. The van der Waals surface area contributed by atoms with Crippen molar-refractivity contribution in [3.63, 3.8) is 0 Å². The molecule has 2 heterocycles. The molecular weight excluding hydrogens is 504 g/mol. The minimum absolute atomic E-state index is 0.324. The second kappa shape index (κ2) is 11.2. The van der Waals surface area contributed by atoms with Crippen LogP contribution in [-0.4, -0.2) is 44.9 Å². The largest absolute Gasteiger partial charge is 0.493 e. The van der Waals surface area contributed by atoms with Gasteiger partial charge in [-0.1, -0.05) is 34.1 Å². The van der Waals surface area contributed by atoms with Crippen molar-refractivity contribution >= 4 is 43.4 Å². The lowest BCUT2D eigenvalue weighted by atomic mass is 9.98. The van der Waals surface area contributed by atoms with Crippen LogP contribution < -0.4 is 14.8 Å². The van der Waals surface area contributed by atoms with Gasteiger partial charge in [0, 0.05) is 34.7 Å². The molecule has 0 saturated carbocycles. The topological polar surface area (TPSA) is 60.0 Å². The number of piperidine rings is 1. The fourth-order valence-electron chi connectivity index (χ4n) is 4.27. The van der Waals surface area contributed by atoms with Gasteiger partial charge in [-0.2, -0.15) is 0 Å². The lowest BCUT2D eigenvalue weighted by molar-refractivity contribution is 0.0866. The fraction of sp³-hybridized carbons (Fsp3) is 0.400. The van der Waals surface area contributed by atoms with Crippen LogP contribution in [-0.2, 0) is 17.8 Å². The van der Waals surface area contributed by atoms with Crippen molar-refractivity contribution in [3.05, 3.63) is 57.4 Å². The number of halogens is 1. The highest BCUT2D eigenvalue weighted by Gasteiger charge is 2.22. The van der Waals surface area contributed by atoms with Crippen LogP contribution in [0.4, 0.5) is 4.79 Å². The molecule has 0 radical (unpaired) electrons. The molecule has 1 atom stereocenters. The van der Waals surface area contributed by atoms with Crippen LogP contribution in [0, 0.1) is 5.92 Å². The lowest BCUT2D eigenvalue weighted by Crippen LogP contribution is -2.38. The van der Waals surface area contributed by atoms with Crippen molar-refractivity contribution < 1.29 is 19.0 Å².